The van der Waals surface area contributed by atoms with Crippen molar-refractivity contribution in [1.29, 1.82) is 0 Å². The van der Waals surface area contributed by atoms with E-state index in [9.17, 15) is 13.2 Å². The van der Waals surface area contributed by atoms with Crippen LogP contribution in [0, 0.1) is 6.92 Å². The second-order valence-corrected chi connectivity index (χ2v) is 11.4. The number of fused-ring (bicyclic) bond motifs is 1. The minimum absolute atomic E-state index is 0.0997. The number of aromatic nitrogens is 2. The molecule has 1 unspecified atom stereocenters. The van der Waals surface area contributed by atoms with Crippen molar-refractivity contribution in [3.05, 3.63) is 64.9 Å². The minimum atomic E-state index is -3.53. The topological polar surface area (TPSA) is 92.7 Å². The smallest absolute Gasteiger partial charge is 0.265 e. The molecular formula is C23H24N4O4S2. The van der Waals surface area contributed by atoms with Crippen molar-refractivity contribution in [2.75, 3.05) is 32.8 Å². The standard InChI is InChI=1S/C23H24N4O4S2/c1-16-21(32-22(25-16)17-6-8-24-9-7-17)23(28)26-10-12-27(13-11-26)33(29,30)19-14-18-4-2-3-5-20(18)31-15-19/h2-9,19H,10-15H2,1H3. The summed E-state index contributed by atoms with van der Waals surface area (Å²) in [5.41, 5.74) is 2.52. The van der Waals surface area contributed by atoms with Crippen LogP contribution in [-0.4, -0.2) is 71.5 Å². The van der Waals surface area contributed by atoms with Gasteiger partial charge in [-0.2, -0.15) is 4.31 Å². The number of hydrogen-bond donors (Lipinski definition) is 0. The van der Waals surface area contributed by atoms with Crippen LogP contribution in [0.5, 0.6) is 5.75 Å². The summed E-state index contributed by atoms with van der Waals surface area (Å²) < 4.78 is 33.7. The average Bonchev–Trinajstić information content (AvgIpc) is 3.25. The lowest BCUT2D eigenvalue weighted by Crippen LogP contribution is -2.54. The number of piperazine rings is 1. The molecule has 4 heterocycles. The van der Waals surface area contributed by atoms with Gasteiger partial charge in [-0.25, -0.2) is 13.4 Å². The van der Waals surface area contributed by atoms with Gasteiger partial charge in [0, 0.05) is 44.1 Å². The highest BCUT2D eigenvalue weighted by atomic mass is 32.2. The van der Waals surface area contributed by atoms with E-state index in [1.165, 1.54) is 15.6 Å². The number of carbonyl (C=O) groups excluding carboxylic acids is 1. The Bertz CT molecular complexity index is 1270. The van der Waals surface area contributed by atoms with Crippen molar-refractivity contribution in [2.24, 2.45) is 0 Å². The quantitative estimate of drug-likeness (QED) is 0.565. The largest absolute Gasteiger partial charge is 0.492 e. The fourth-order valence-corrected chi connectivity index (χ4v) is 6.97. The third-order valence-corrected chi connectivity index (χ3v) is 9.49. The number of rotatable bonds is 4. The fraction of sp³-hybridized carbons (Fsp3) is 0.348. The Labute approximate surface area is 196 Å². The van der Waals surface area contributed by atoms with Gasteiger partial charge in [0.2, 0.25) is 10.0 Å². The number of carbonyl (C=O) groups is 1. The fourth-order valence-electron chi connectivity index (χ4n) is 4.20. The molecule has 0 bridgehead atoms. The van der Waals surface area contributed by atoms with Crippen LogP contribution in [0.15, 0.2) is 48.8 Å². The lowest BCUT2D eigenvalue weighted by molar-refractivity contribution is 0.0700. The van der Waals surface area contributed by atoms with Gasteiger partial charge in [0.15, 0.2) is 0 Å². The van der Waals surface area contributed by atoms with Gasteiger partial charge >= 0.3 is 0 Å². The van der Waals surface area contributed by atoms with E-state index >= 15 is 0 Å². The number of benzene rings is 1. The lowest BCUT2D eigenvalue weighted by atomic mass is 10.1. The summed E-state index contributed by atoms with van der Waals surface area (Å²) in [5.74, 6) is 0.655. The molecule has 2 aromatic heterocycles. The summed E-state index contributed by atoms with van der Waals surface area (Å²) >= 11 is 1.36. The molecule has 33 heavy (non-hydrogen) atoms. The predicted octanol–water partition coefficient (Wildman–Crippen LogP) is 2.60. The van der Waals surface area contributed by atoms with Gasteiger partial charge in [-0.1, -0.05) is 18.2 Å². The first kappa shape index (κ1) is 22.0. The molecule has 5 rings (SSSR count). The molecule has 8 nitrogen and oxygen atoms in total. The second-order valence-electron chi connectivity index (χ2n) is 8.15. The molecule has 10 heteroatoms. The molecule has 0 radical (unpaired) electrons. The van der Waals surface area contributed by atoms with Crippen molar-refractivity contribution in [3.63, 3.8) is 0 Å². The molecule has 2 aliphatic rings. The summed E-state index contributed by atoms with van der Waals surface area (Å²) in [7, 11) is -3.53. The van der Waals surface area contributed by atoms with Gasteiger partial charge in [-0.3, -0.25) is 9.78 Å². The molecule has 0 N–H and O–H groups in total. The minimum Gasteiger partial charge on any atom is -0.492 e. The number of hydrogen-bond acceptors (Lipinski definition) is 7. The van der Waals surface area contributed by atoms with Crippen LogP contribution in [0.2, 0.25) is 0 Å². The molecule has 2 aliphatic heterocycles. The number of sulfonamides is 1. The highest BCUT2D eigenvalue weighted by Gasteiger charge is 2.38. The van der Waals surface area contributed by atoms with E-state index in [2.05, 4.69) is 9.97 Å². The van der Waals surface area contributed by atoms with Crippen LogP contribution >= 0.6 is 11.3 Å². The first-order chi connectivity index (χ1) is 15.9. The molecule has 0 spiro atoms. The molecule has 1 saturated heterocycles. The highest BCUT2D eigenvalue weighted by molar-refractivity contribution is 7.89. The van der Waals surface area contributed by atoms with Crippen LogP contribution in [0.4, 0.5) is 0 Å². The van der Waals surface area contributed by atoms with E-state index in [1.54, 1.807) is 17.3 Å². The van der Waals surface area contributed by atoms with Crippen LogP contribution in [0.1, 0.15) is 20.9 Å². The molecule has 0 aliphatic carbocycles. The Hall–Kier alpha value is -2.82. The van der Waals surface area contributed by atoms with Crippen molar-refractivity contribution >= 4 is 27.3 Å². The van der Waals surface area contributed by atoms with Crippen LogP contribution in [0.25, 0.3) is 10.6 Å². The molecular weight excluding hydrogens is 460 g/mol. The first-order valence-electron chi connectivity index (χ1n) is 10.8. The molecule has 1 fully saturated rings. The highest BCUT2D eigenvalue weighted by Crippen LogP contribution is 2.30. The zero-order valence-corrected chi connectivity index (χ0v) is 19.8. The number of ether oxygens (including phenoxy) is 1. The normalized spacial score (nSPS) is 19.1. The van der Waals surface area contributed by atoms with Crippen LogP contribution < -0.4 is 4.74 Å². The Balaban J connectivity index is 1.25. The van der Waals surface area contributed by atoms with E-state index in [0.29, 0.717) is 30.1 Å². The molecule has 0 saturated carbocycles. The summed E-state index contributed by atoms with van der Waals surface area (Å²) in [5, 5.41) is 0.165. The van der Waals surface area contributed by atoms with E-state index in [1.807, 2.05) is 43.3 Å². The molecule has 172 valence electrons. The summed E-state index contributed by atoms with van der Waals surface area (Å²) in [6.07, 6.45) is 3.84. The van der Waals surface area contributed by atoms with Gasteiger partial charge in [-0.15, -0.1) is 11.3 Å². The lowest BCUT2D eigenvalue weighted by Gasteiger charge is -2.36. The van der Waals surface area contributed by atoms with E-state index in [4.69, 9.17) is 4.74 Å². The van der Waals surface area contributed by atoms with Gasteiger partial charge in [0.25, 0.3) is 5.91 Å². The van der Waals surface area contributed by atoms with Crippen LogP contribution in [-0.2, 0) is 16.4 Å². The third-order valence-electron chi connectivity index (χ3n) is 6.07. The van der Waals surface area contributed by atoms with Crippen molar-refractivity contribution in [2.45, 2.75) is 18.6 Å². The zero-order chi connectivity index (χ0) is 23.0. The molecule has 1 atom stereocenters. The van der Waals surface area contributed by atoms with Crippen molar-refractivity contribution in [3.8, 4) is 16.3 Å². The van der Waals surface area contributed by atoms with E-state index in [-0.39, 0.29) is 25.6 Å². The summed E-state index contributed by atoms with van der Waals surface area (Å²) in [6.45, 7) is 3.24. The number of para-hydroxylation sites is 1. The van der Waals surface area contributed by atoms with Crippen molar-refractivity contribution < 1.29 is 17.9 Å². The van der Waals surface area contributed by atoms with E-state index in [0.717, 1.165) is 21.9 Å². The Kier molecular flexibility index (Phi) is 5.90. The van der Waals surface area contributed by atoms with Gasteiger partial charge in [0.1, 0.15) is 27.5 Å². The number of aryl methyl sites for hydroxylation is 1. The van der Waals surface area contributed by atoms with Gasteiger partial charge in [0.05, 0.1) is 5.69 Å². The number of nitrogens with zero attached hydrogens (tertiary/aromatic N) is 4. The molecule has 1 aromatic carbocycles. The summed E-state index contributed by atoms with van der Waals surface area (Å²) in [4.78, 5) is 24.0. The summed E-state index contributed by atoms with van der Waals surface area (Å²) in [6, 6.07) is 11.3. The first-order valence-corrected chi connectivity index (χ1v) is 13.1. The SMILES string of the molecule is Cc1nc(-c2ccncc2)sc1C(=O)N1CCN(S(=O)(=O)C2COc3ccccc3C2)CC1. The third kappa shape index (κ3) is 4.25. The van der Waals surface area contributed by atoms with Crippen molar-refractivity contribution in [1.82, 2.24) is 19.2 Å². The Morgan fingerprint density at radius 2 is 1.82 bits per heavy atom. The second kappa shape index (κ2) is 8.85. The maximum Gasteiger partial charge on any atom is 0.265 e. The predicted molar refractivity (Wildman–Crippen MR) is 126 cm³/mol. The average molecular weight is 485 g/mol. The van der Waals surface area contributed by atoms with Gasteiger partial charge < -0.3 is 9.64 Å². The Morgan fingerprint density at radius 1 is 1.09 bits per heavy atom. The maximum atomic E-state index is 13.2. The zero-order valence-electron chi connectivity index (χ0n) is 18.2. The monoisotopic (exact) mass is 484 g/mol. The number of amides is 1. The molecule has 1 amide bonds. The Morgan fingerprint density at radius 3 is 2.58 bits per heavy atom. The maximum absolute atomic E-state index is 13.2. The number of thiazole rings is 1. The number of pyridine rings is 1. The van der Waals surface area contributed by atoms with Crippen LogP contribution in [0.3, 0.4) is 0 Å². The van der Waals surface area contributed by atoms with E-state index < -0.39 is 15.3 Å². The van der Waals surface area contributed by atoms with Gasteiger partial charge in [-0.05, 0) is 37.1 Å². The molecule has 3 aromatic rings.